The van der Waals surface area contributed by atoms with E-state index in [1.165, 1.54) is 12.8 Å². The first-order valence-corrected chi connectivity index (χ1v) is 5.44. The summed E-state index contributed by atoms with van der Waals surface area (Å²) in [6.45, 7) is 1.49. The zero-order chi connectivity index (χ0) is 11.4. The van der Waals surface area contributed by atoms with E-state index in [1.54, 1.807) is 0 Å². The number of hydrogen-bond donors (Lipinski definition) is 2. The molecule has 0 amide bonds. The van der Waals surface area contributed by atoms with Crippen molar-refractivity contribution in [1.29, 1.82) is 0 Å². The van der Waals surface area contributed by atoms with Crippen LogP contribution in [0.1, 0.15) is 24.0 Å². The van der Waals surface area contributed by atoms with Crippen LogP contribution in [0.5, 0.6) is 0 Å². The molecule has 1 aliphatic carbocycles. The van der Waals surface area contributed by atoms with Crippen molar-refractivity contribution in [1.82, 2.24) is 0 Å². The highest BCUT2D eigenvalue weighted by Crippen LogP contribution is 2.29. The van der Waals surface area contributed by atoms with Crippen LogP contribution >= 0.6 is 0 Å². The summed E-state index contributed by atoms with van der Waals surface area (Å²) in [7, 11) is 0. The Labute approximate surface area is 94.7 Å². The molecule has 1 aromatic carbocycles. The molecule has 0 saturated heterocycles. The zero-order valence-corrected chi connectivity index (χ0v) is 9.10. The SMILES string of the molecule is N/C(=N\O)c1ccc(COCC2CC2)cc1. The van der Waals surface area contributed by atoms with Gasteiger partial charge in [-0.15, -0.1) is 0 Å². The van der Waals surface area contributed by atoms with E-state index in [0.29, 0.717) is 12.2 Å². The van der Waals surface area contributed by atoms with Crippen molar-refractivity contribution in [3.63, 3.8) is 0 Å². The maximum absolute atomic E-state index is 8.51. The summed E-state index contributed by atoms with van der Waals surface area (Å²) in [5, 5.41) is 11.5. The molecule has 1 aliphatic rings. The smallest absolute Gasteiger partial charge is 0.170 e. The second-order valence-electron chi connectivity index (χ2n) is 4.14. The lowest BCUT2D eigenvalue weighted by molar-refractivity contribution is 0.111. The van der Waals surface area contributed by atoms with E-state index in [-0.39, 0.29) is 5.84 Å². The van der Waals surface area contributed by atoms with E-state index in [9.17, 15) is 0 Å². The van der Waals surface area contributed by atoms with Gasteiger partial charge in [-0.05, 0) is 24.3 Å². The van der Waals surface area contributed by atoms with Crippen LogP contribution in [0.25, 0.3) is 0 Å². The van der Waals surface area contributed by atoms with Crippen molar-refractivity contribution in [2.24, 2.45) is 16.8 Å². The summed E-state index contributed by atoms with van der Waals surface area (Å²) in [5.41, 5.74) is 7.28. The number of hydrogen-bond acceptors (Lipinski definition) is 3. The lowest BCUT2D eigenvalue weighted by Crippen LogP contribution is -2.12. The first-order valence-electron chi connectivity index (χ1n) is 5.44. The van der Waals surface area contributed by atoms with Gasteiger partial charge in [-0.25, -0.2) is 0 Å². The fourth-order valence-corrected chi connectivity index (χ4v) is 1.46. The van der Waals surface area contributed by atoms with Gasteiger partial charge in [0.25, 0.3) is 0 Å². The van der Waals surface area contributed by atoms with E-state index in [4.69, 9.17) is 15.7 Å². The Morgan fingerprint density at radius 3 is 2.62 bits per heavy atom. The molecule has 16 heavy (non-hydrogen) atoms. The summed E-state index contributed by atoms with van der Waals surface area (Å²) in [6, 6.07) is 7.51. The molecule has 1 fully saturated rings. The van der Waals surface area contributed by atoms with Gasteiger partial charge >= 0.3 is 0 Å². The second-order valence-corrected chi connectivity index (χ2v) is 4.14. The van der Waals surface area contributed by atoms with Crippen LogP contribution in [0, 0.1) is 5.92 Å². The van der Waals surface area contributed by atoms with Crippen LogP contribution in [0.4, 0.5) is 0 Å². The number of ether oxygens (including phenoxy) is 1. The van der Waals surface area contributed by atoms with Gasteiger partial charge in [0.1, 0.15) is 0 Å². The molecule has 0 spiro atoms. The van der Waals surface area contributed by atoms with E-state index in [0.717, 1.165) is 18.1 Å². The number of benzene rings is 1. The Hall–Kier alpha value is -1.55. The molecule has 1 aromatic rings. The molecule has 0 radical (unpaired) electrons. The Balaban J connectivity index is 1.85. The molecule has 1 saturated carbocycles. The van der Waals surface area contributed by atoms with E-state index >= 15 is 0 Å². The molecule has 4 nitrogen and oxygen atoms in total. The Kier molecular flexibility index (Phi) is 3.41. The predicted molar refractivity (Wildman–Crippen MR) is 61.3 cm³/mol. The van der Waals surface area contributed by atoms with Gasteiger partial charge in [-0.2, -0.15) is 0 Å². The molecular formula is C12H16N2O2. The maximum atomic E-state index is 8.51. The second kappa shape index (κ2) is 4.99. The molecular weight excluding hydrogens is 204 g/mol. The van der Waals surface area contributed by atoms with Crippen molar-refractivity contribution in [3.05, 3.63) is 35.4 Å². The molecule has 4 heteroatoms. The minimum absolute atomic E-state index is 0.130. The summed E-state index contributed by atoms with van der Waals surface area (Å²) in [6.07, 6.45) is 2.62. The highest BCUT2D eigenvalue weighted by Gasteiger charge is 2.20. The molecule has 0 atom stereocenters. The van der Waals surface area contributed by atoms with Gasteiger partial charge in [0.15, 0.2) is 5.84 Å². The molecule has 86 valence electrons. The molecule has 0 bridgehead atoms. The van der Waals surface area contributed by atoms with Crippen molar-refractivity contribution in [2.45, 2.75) is 19.4 Å². The third-order valence-electron chi connectivity index (χ3n) is 2.68. The van der Waals surface area contributed by atoms with E-state index in [2.05, 4.69) is 5.16 Å². The van der Waals surface area contributed by atoms with Crippen LogP contribution in [-0.4, -0.2) is 17.6 Å². The summed E-state index contributed by atoms with van der Waals surface area (Å²) in [5.74, 6) is 0.918. The first kappa shape index (κ1) is 11.0. The summed E-state index contributed by atoms with van der Waals surface area (Å²) >= 11 is 0. The quantitative estimate of drug-likeness (QED) is 0.343. The van der Waals surface area contributed by atoms with Gasteiger partial charge in [-0.3, -0.25) is 0 Å². The van der Waals surface area contributed by atoms with E-state index in [1.807, 2.05) is 24.3 Å². The molecule has 0 aliphatic heterocycles. The highest BCUT2D eigenvalue weighted by molar-refractivity contribution is 5.96. The Bertz CT molecular complexity index is 369. The highest BCUT2D eigenvalue weighted by atomic mass is 16.5. The lowest BCUT2D eigenvalue weighted by Gasteiger charge is -2.04. The Morgan fingerprint density at radius 1 is 1.38 bits per heavy atom. The van der Waals surface area contributed by atoms with Gasteiger partial charge in [-0.1, -0.05) is 29.4 Å². The fraction of sp³-hybridized carbons (Fsp3) is 0.417. The van der Waals surface area contributed by atoms with Gasteiger partial charge in [0.05, 0.1) is 6.61 Å². The van der Waals surface area contributed by atoms with Crippen LogP contribution in [-0.2, 0) is 11.3 Å². The molecule has 0 heterocycles. The van der Waals surface area contributed by atoms with Crippen LogP contribution in [0.15, 0.2) is 29.4 Å². The lowest BCUT2D eigenvalue weighted by atomic mass is 10.1. The normalized spacial score (nSPS) is 16.4. The predicted octanol–water partition coefficient (Wildman–Crippen LogP) is 1.71. The standard InChI is InChI=1S/C12H16N2O2/c13-12(14-15)11-5-3-10(4-6-11)8-16-7-9-1-2-9/h3-6,9,15H,1-2,7-8H2,(H2,13,14). The van der Waals surface area contributed by atoms with E-state index < -0.39 is 0 Å². The third-order valence-corrected chi connectivity index (χ3v) is 2.68. The van der Waals surface area contributed by atoms with Crippen LogP contribution < -0.4 is 5.73 Å². The number of amidine groups is 1. The van der Waals surface area contributed by atoms with Crippen molar-refractivity contribution in [2.75, 3.05) is 6.61 Å². The minimum Gasteiger partial charge on any atom is -0.409 e. The van der Waals surface area contributed by atoms with Crippen molar-refractivity contribution in [3.8, 4) is 0 Å². The first-order chi connectivity index (χ1) is 7.79. The Morgan fingerprint density at radius 2 is 2.06 bits per heavy atom. The molecule has 0 unspecified atom stereocenters. The van der Waals surface area contributed by atoms with Gasteiger partial charge in [0, 0.05) is 12.2 Å². The summed E-state index contributed by atoms with van der Waals surface area (Å²) < 4.78 is 5.56. The number of rotatable bonds is 5. The molecule has 3 N–H and O–H groups in total. The topological polar surface area (TPSA) is 67.8 Å². The summed E-state index contributed by atoms with van der Waals surface area (Å²) in [4.78, 5) is 0. The molecule has 2 rings (SSSR count). The number of nitrogens with two attached hydrogens (primary N) is 1. The van der Waals surface area contributed by atoms with Crippen molar-refractivity contribution < 1.29 is 9.94 Å². The van der Waals surface area contributed by atoms with Crippen LogP contribution in [0.3, 0.4) is 0 Å². The van der Waals surface area contributed by atoms with Gasteiger partial charge in [0.2, 0.25) is 0 Å². The van der Waals surface area contributed by atoms with Crippen LogP contribution in [0.2, 0.25) is 0 Å². The van der Waals surface area contributed by atoms with Crippen molar-refractivity contribution >= 4 is 5.84 Å². The van der Waals surface area contributed by atoms with Gasteiger partial charge < -0.3 is 15.7 Å². The average molecular weight is 220 g/mol. The number of nitrogens with zero attached hydrogens (tertiary/aromatic N) is 1. The maximum Gasteiger partial charge on any atom is 0.170 e. The number of oxime groups is 1. The zero-order valence-electron chi connectivity index (χ0n) is 9.10. The average Bonchev–Trinajstić information content (AvgIpc) is 3.13. The molecule has 0 aromatic heterocycles. The monoisotopic (exact) mass is 220 g/mol. The third kappa shape index (κ3) is 2.97. The minimum atomic E-state index is 0.130. The fourth-order valence-electron chi connectivity index (χ4n) is 1.46. The largest absolute Gasteiger partial charge is 0.409 e.